The zero-order valence-electron chi connectivity index (χ0n) is 20.9. The molecule has 4 rings (SSSR count). The van der Waals surface area contributed by atoms with Crippen molar-refractivity contribution in [3.05, 3.63) is 21.8 Å². The first-order chi connectivity index (χ1) is 14.6. The Morgan fingerprint density at radius 1 is 1.03 bits per heavy atom. The summed E-state index contributed by atoms with van der Waals surface area (Å²) in [5.41, 5.74) is 2.04. The van der Waals surface area contributed by atoms with Crippen molar-refractivity contribution in [2.75, 3.05) is 6.54 Å². The summed E-state index contributed by atoms with van der Waals surface area (Å²) in [6.45, 7) is 12.6. The molecule has 176 valence electrons. The van der Waals surface area contributed by atoms with E-state index in [1.54, 1.807) is 0 Å². The third-order valence-electron chi connectivity index (χ3n) is 10.9. The molecule has 0 aromatic heterocycles. The van der Waals surface area contributed by atoms with E-state index in [1.165, 1.54) is 57.8 Å². The van der Waals surface area contributed by atoms with Gasteiger partial charge in [0.05, 0.1) is 0 Å². The second kappa shape index (κ2) is 8.82. The van der Waals surface area contributed by atoms with Crippen LogP contribution in [0.3, 0.4) is 0 Å². The summed E-state index contributed by atoms with van der Waals surface area (Å²) in [4.78, 5) is 10.9. The lowest BCUT2D eigenvalue weighted by molar-refractivity contribution is -0.471. The van der Waals surface area contributed by atoms with Gasteiger partial charge < -0.3 is 0 Å². The molecule has 0 aromatic rings. The number of hydrogen-bond acceptors (Lipinski definition) is 2. The largest absolute Gasteiger partial charge is 0.264 e. The molecule has 0 spiro atoms. The van der Waals surface area contributed by atoms with Crippen LogP contribution < -0.4 is 0 Å². The standard InChI is InChI=1S/C28H47NO2/c1-19(2)7-6-8-20(3)24-11-12-25-23-10-9-22-17-21(18-29(30)31)13-15-27(22,4)26(23)14-16-28(24,25)5/h13,19-20,22-26H,6-12,14-18H2,1-5H3/t20-,22?,23+,24-,25+,26+,27+,28-/m1/s1. The predicted molar refractivity (Wildman–Crippen MR) is 128 cm³/mol. The van der Waals surface area contributed by atoms with Gasteiger partial charge in [-0.25, -0.2) is 0 Å². The van der Waals surface area contributed by atoms with Gasteiger partial charge in [0.1, 0.15) is 0 Å². The van der Waals surface area contributed by atoms with Gasteiger partial charge in [-0.2, -0.15) is 0 Å². The molecule has 3 heteroatoms. The Bertz CT molecular complexity index is 699. The fourth-order valence-electron chi connectivity index (χ4n) is 9.27. The Balaban J connectivity index is 1.46. The first kappa shape index (κ1) is 23.3. The Morgan fingerprint density at radius 3 is 2.48 bits per heavy atom. The van der Waals surface area contributed by atoms with Gasteiger partial charge in [0.25, 0.3) is 0 Å². The highest BCUT2D eigenvalue weighted by Crippen LogP contribution is 2.68. The van der Waals surface area contributed by atoms with E-state index in [4.69, 9.17) is 0 Å². The van der Waals surface area contributed by atoms with E-state index in [0.29, 0.717) is 16.7 Å². The van der Waals surface area contributed by atoms with Crippen LogP contribution in [-0.2, 0) is 0 Å². The summed E-state index contributed by atoms with van der Waals surface area (Å²) in [6, 6.07) is 0. The molecule has 3 saturated carbocycles. The third-order valence-corrected chi connectivity index (χ3v) is 10.9. The Hall–Kier alpha value is -0.860. The average Bonchev–Trinajstić information content (AvgIpc) is 3.05. The highest BCUT2D eigenvalue weighted by molar-refractivity contribution is 5.17. The number of nitro groups is 1. The molecular weight excluding hydrogens is 382 g/mol. The van der Waals surface area contributed by atoms with Crippen molar-refractivity contribution in [1.82, 2.24) is 0 Å². The summed E-state index contributed by atoms with van der Waals surface area (Å²) >= 11 is 0. The minimum absolute atomic E-state index is 0.0672. The van der Waals surface area contributed by atoms with Crippen LogP contribution in [0.5, 0.6) is 0 Å². The van der Waals surface area contributed by atoms with Crippen molar-refractivity contribution in [2.24, 2.45) is 52.3 Å². The molecule has 0 N–H and O–H groups in total. The van der Waals surface area contributed by atoms with Gasteiger partial charge in [-0.15, -0.1) is 0 Å². The Labute approximate surface area is 191 Å². The molecule has 3 fully saturated rings. The summed E-state index contributed by atoms with van der Waals surface area (Å²) in [5.74, 6) is 5.97. The van der Waals surface area contributed by atoms with Gasteiger partial charge >= 0.3 is 0 Å². The maximum absolute atomic E-state index is 11.0. The number of nitrogens with zero attached hydrogens (tertiary/aromatic N) is 1. The fourth-order valence-corrected chi connectivity index (χ4v) is 9.27. The van der Waals surface area contributed by atoms with Crippen molar-refractivity contribution in [3.63, 3.8) is 0 Å². The van der Waals surface area contributed by atoms with Gasteiger partial charge in [-0.3, -0.25) is 10.1 Å². The number of allylic oxidation sites excluding steroid dienone is 1. The molecule has 0 radical (unpaired) electrons. The quantitative estimate of drug-likeness (QED) is 0.234. The normalized spacial score (nSPS) is 43.0. The van der Waals surface area contributed by atoms with Crippen molar-refractivity contribution in [3.8, 4) is 0 Å². The van der Waals surface area contributed by atoms with Gasteiger partial charge in [0.15, 0.2) is 0 Å². The SMILES string of the molecule is CC(C)CCC[C@@H](C)[C@H]1CC[C@H]2[C@@H]3CCC4CC(C[N+](=O)[O-])=CC[C@]4(C)[C@H]3CC[C@]12C. The molecule has 0 aliphatic heterocycles. The van der Waals surface area contributed by atoms with Crippen LogP contribution in [0.15, 0.2) is 11.6 Å². The van der Waals surface area contributed by atoms with Gasteiger partial charge in [-0.05, 0) is 109 Å². The molecule has 0 saturated heterocycles. The van der Waals surface area contributed by atoms with E-state index in [2.05, 4.69) is 40.7 Å². The van der Waals surface area contributed by atoms with Crippen molar-refractivity contribution >= 4 is 0 Å². The van der Waals surface area contributed by atoms with Crippen LogP contribution >= 0.6 is 0 Å². The summed E-state index contributed by atoms with van der Waals surface area (Å²) in [6.07, 6.45) is 17.0. The number of rotatable bonds is 7. The van der Waals surface area contributed by atoms with Gasteiger partial charge in [-0.1, -0.05) is 60.0 Å². The van der Waals surface area contributed by atoms with Gasteiger partial charge in [0.2, 0.25) is 6.54 Å². The van der Waals surface area contributed by atoms with E-state index in [9.17, 15) is 10.1 Å². The van der Waals surface area contributed by atoms with Crippen LogP contribution in [0.2, 0.25) is 0 Å². The smallest absolute Gasteiger partial charge is 0.224 e. The minimum Gasteiger partial charge on any atom is -0.264 e. The molecule has 0 bridgehead atoms. The van der Waals surface area contributed by atoms with Crippen LogP contribution in [0.25, 0.3) is 0 Å². The molecule has 31 heavy (non-hydrogen) atoms. The maximum Gasteiger partial charge on any atom is 0.224 e. The molecule has 0 aromatic carbocycles. The second-order valence-electron chi connectivity index (χ2n) is 12.9. The monoisotopic (exact) mass is 429 g/mol. The lowest BCUT2D eigenvalue weighted by atomic mass is 9.45. The van der Waals surface area contributed by atoms with E-state index >= 15 is 0 Å². The average molecular weight is 430 g/mol. The zero-order valence-corrected chi connectivity index (χ0v) is 20.9. The predicted octanol–water partition coefficient (Wildman–Crippen LogP) is 7.92. The van der Waals surface area contributed by atoms with E-state index in [-0.39, 0.29) is 11.5 Å². The molecule has 3 nitrogen and oxygen atoms in total. The highest BCUT2D eigenvalue weighted by atomic mass is 16.6. The third kappa shape index (κ3) is 4.24. The fraction of sp³-hybridized carbons (Fsp3) is 0.929. The highest BCUT2D eigenvalue weighted by Gasteiger charge is 2.60. The molecule has 4 aliphatic rings. The summed E-state index contributed by atoms with van der Waals surface area (Å²) < 4.78 is 0. The number of fused-ring (bicyclic) bond motifs is 5. The van der Waals surface area contributed by atoms with Crippen molar-refractivity contribution < 1.29 is 4.92 Å². The lowest BCUT2D eigenvalue weighted by Crippen LogP contribution is -2.53. The van der Waals surface area contributed by atoms with E-state index < -0.39 is 0 Å². The molecule has 8 atom stereocenters. The van der Waals surface area contributed by atoms with Crippen molar-refractivity contribution in [1.29, 1.82) is 0 Å². The van der Waals surface area contributed by atoms with Gasteiger partial charge in [0, 0.05) is 4.92 Å². The van der Waals surface area contributed by atoms with Crippen LogP contribution in [0.1, 0.15) is 105 Å². The van der Waals surface area contributed by atoms with E-state index in [0.717, 1.165) is 53.9 Å². The molecule has 0 heterocycles. The Morgan fingerprint density at radius 2 is 1.77 bits per heavy atom. The molecule has 4 aliphatic carbocycles. The van der Waals surface area contributed by atoms with Crippen LogP contribution in [0.4, 0.5) is 0 Å². The second-order valence-corrected chi connectivity index (χ2v) is 12.9. The topological polar surface area (TPSA) is 43.1 Å². The summed E-state index contributed by atoms with van der Waals surface area (Å²) in [5, 5.41) is 11.0. The molecular formula is C28H47NO2. The first-order valence-electron chi connectivity index (χ1n) is 13.4. The Kier molecular flexibility index (Phi) is 6.63. The zero-order chi connectivity index (χ0) is 22.4. The molecule has 0 amide bonds. The summed E-state index contributed by atoms with van der Waals surface area (Å²) in [7, 11) is 0. The molecule has 1 unspecified atom stereocenters. The van der Waals surface area contributed by atoms with Crippen LogP contribution in [0, 0.1) is 62.4 Å². The number of hydrogen-bond donors (Lipinski definition) is 0. The first-order valence-corrected chi connectivity index (χ1v) is 13.4. The van der Waals surface area contributed by atoms with Crippen LogP contribution in [-0.4, -0.2) is 11.5 Å². The lowest BCUT2D eigenvalue weighted by Gasteiger charge is -2.60. The van der Waals surface area contributed by atoms with E-state index in [1.807, 2.05) is 0 Å². The maximum atomic E-state index is 11.0. The minimum atomic E-state index is -0.132. The van der Waals surface area contributed by atoms with Crippen molar-refractivity contribution in [2.45, 2.75) is 105 Å².